The first-order valence-electron chi connectivity index (χ1n) is 6.36. The summed E-state index contributed by atoms with van der Waals surface area (Å²) in [5.41, 5.74) is 2.12. The zero-order chi connectivity index (χ0) is 14.5. The Bertz CT molecular complexity index is 590. The van der Waals surface area contributed by atoms with Crippen LogP contribution in [0.1, 0.15) is 12.5 Å². The third-order valence-corrected chi connectivity index (χ3v) is 2.68. The number of aromatic nitrogens is 3. The lowest BCUT2D eigenvalue weighted by molar-refractivity contribution is -0.145. The van der Waals surface area contributed by atoms with Crippen molar-refractivity contribution in [1.82, 2.24) is 14.8 Å². The van der Waals surface area contributed by atoms with Gasteiger partial charge >= 0.3 is 12.0 Å². The molecule has 0 saturated heterocycles. The van der Waals surface area contributed by atoms with Crippen LogP contribution in [0.3, 0.4) is 0 Å². The van der Waals surface area contributed by atoms with E-state index in [-0.39, 0.29) is 12.6 Å². The summed E-state index contributed by atoms with van der Waals surface area (Å²) in [6, 6.07) is 8.10. The summed E-state index contributed by atoms with van der Waals surface area (Å²) in [4.78, 5) is 15.5. The first-order chi connectivity index (χ1) is 9.60. The van der Waals surface area contributed by atoms with Crippen LogP contribution in [0.25, 0.3) is 11.4 Å². The standard InChI is InChI=1S/C14H17N3O3/c1-4-19-12(18)9-20-14-15-13(17(3)16-14)11-7-5-10(2)6-8-11/h5-8H,4,9H2,1-3H3. The van der Waals surface area contributed by atoms with E-state index in [1.165, 1.54) is 5.56 Å². The molecule has 1 aromatic heterocycles. The van der Waals surface area contributed by atoms with E-state index in [1.807, 2.05) is 31.2 Å². The van der Waals surface area contributed by atoms with E-state index in [9.17, 15) is 4.79 Å². The molecule has 6 nitrogen and oxygen atoms in total. The minimum Gasteiger partial charge on any atom is -0.463 e. The third kappa shape index (κ3) is 3.34. The summed E-state index contributed by atoms with van der Waals surface area (Å²) in [6.07, 6.45) is 0. The van der Waals surface area contributed by atoms with E-state index in [0.717, 1.165) is 5.56 Å². The molecule has 0 fully saturated rings. The molecular weight excluding hydrogens is 258 g/mol. The summed E-state index contributed by atoms with van der Waals surface area (Å²) >= 11 is 0. The first-order valence-corrected chi connectivity index (χ1v) is 6.36. The monoisotopic (exact) mass is 275 g/mol. The van der Waals surface area contributed by atoms with E-state index in [2.05, 4.69) is 10.1 Å². The largest absolute Gasteiger partial charge is 0.463 e. The number of ether oxygens (including phenoxy) is 2. The van der Waals surface area contributed by atoms with Crippen molar-refractivity contribution in [3.8, 4) is 17.4 Å². The van der Waals surface area contributed by atoms with Gasteiger partial charge in [-0.3, -0.25) is 0 Å². The van der Waals surface area contributed by atoms with Crippen LogP contribution in [0.2, 0.25) is 0 Å². The van der Waals surface area contributed by atoms with Crippen molar-refractivity contribution >= 4 is 5.97 Å². The van der Waals surface area contributed by atoms with Gasteiger partial charge in [-0.05, 0) is 13.8 Å². The van der Waals surface area contributed by atoms with Crippen molar-refractivity contribution < 1.29 is 14.3 Å². The summed E-state index contributed by atoms with van der Waals surface area (Å²) in [6.45, 7) is 3.90. The van der Waals surface area contributed by atoms with Crippen molar-refractivity contribution in [2.75, 3.05) is 13.2 Å². The molecule has 0 aliphatic carbocycles. The van der Waals surface area contributed by atoms with Crippen molar-refractivity contribution in [2.45, 2.75) is 13.8 Å². The van der Waals surface area contributed by atoms with Crippen LogP contribution in [0, 0.1) is 6.92 Å². The lowest BCUT2D eigenvalue weighted by Gasteiger charge is -2.00. The van der Waals surface area contributed by atoms with Crippen molar-refractivity contribution in [1.29, 1.82) is 0 Å². The van der Waals surface area contributed by atoms with Crippen LogP contribution < -0.4 is 4.74 Å². The predicted octanol–water partition coefficient (Wildman–Crippen LogP) is 1.73. The molecule has 0 radical (unpaired) electrons. The van der Waals surface area contributed by atoms with Gasteiger partial charge in [0.25, 0.3) is 0 Å². The molecule has 0 saturated carbocycles. The number of hydrogen-bond donors (Lipinski definition) is 0. The Hall–Kier alpha value is -2.37. The predicted molar refractivity (Wildman–Crippen MR) is 73.3 cm³/mol. The summed E-state index contributed by atoms with van der Waals surface area (Å²) in [5, 5.41) is 4.12. The third-order valence-electron chi connectivity index (χ3n) is 2.68. The second kappa shape index (κ2) is 6.18. The number of rotatable bonds is 5. The van der Waals surface area contributed by atoms with Gasteiger partial charge < -0.3 is 9.47 Å². The Morgan fingerprint density at radius 1 is 1.30 bits per heavy atom. The summed E-state index contributed by atoms with van der Waals surface area (Å²) in [5.74, 6) is 0.251. The molecule has 0 aliphatic rings. The second-order valence-corrected chi connectivity index (χ2v) is 4.30. The highest BCUT2D eigenvalue weighted by molar-refractivity contribution is 5.70. The molecule has 20 heavy (non-hydrogen) atoms. The fraction of sp³-hybridized carbons (Fsp3) is 0.357. The molecule has 0 aliphatic heterocycles. The van der Waals surface area contributed by atoms with Gasteiger partial charge in [0, 0.05) is 12.6 Å². The number of aryl methyl sites for hydroxylation is 2. The van der Waals surface area contributed by atoms with Crippen LogP contribution in [-0.2, 0) is 16.6 Å². The quantitative estimate of drug-likeness (QED) is 0.777. The highest BCUT2D eigenvalue weighted by Gasteiger charge is 2.12. The minimum absolute atomic E-state index is 0.163. The Kier molecular flexibility index (Phi) is 4.34. The topological polar surface area (TPSA) is 66.2 Å². The van der Waals surface area contributed by atoms with Gasteiger partial charge in [0.1, 0.15) is 0 Å². The second-order valence-electron chi connectivity index (χ2n) is 4.30. The highest BCUT2D eigenvalue weighted by atomic mass is 16.6. The molecule has 0 unspecified atom stereocenters. The van der Waals surface area contributed by atoms with E-state index in [0.29, 0.717) is 12.4 Å². The van der Waals surface area contributed by atoms with Gasteiger partial charge in [-0.1, -0.05) is 29.8 Å². The van der Waals surface area contributed by atoms with Crippen LogP contribution in [0.5, 0.6) is 6.01 Å². The maximum atomic E-state index is 11.2. The van der Waals surface area contributed by atoms with Gasteiger partial charge in [0.2, 0.25) is 0 Å². The number of carbonyl (C=O) groups excluding carboxylic acids is 1. The molecule has 0 N–H and O–H groups in total. The number of esters is 1. The number of nitrogens with zero attached hydrogens (tertiary/aromatic N) is 3. The van der Waals surface area contributed by atoms with E-state index in [1.54, 1.807) is 18.7 Å². The fourth-order valence-electron chi connectivity index (χ4n) is 1.70. The lowest BCUT2D eigenvalue weighted by Crippen LogP contribution is -2.15. The zero-order valence-electron chi connectivity index (χ0n) is 11.8. The van der Waals surface area contributed by atoms with E-state index in [4.69, 9.17) is 9.47 Å². The van der Waals surface area contributed by atoms with Crippen molar-refractivity contribution in [3.05, 3.63) is 29.8 Å². The van der Waals surface area contributed by atoms with Gasteiger partial charge in [-0.25, -0.2) is 9.48 Å². The van der Waals surface area contributed by atoms with Gasteiger partial charge in [0.15, 0.2) is 12.4 Å². The summed E-state index contributed by atoms with van der Waals surface area (Å²) in [7, 11) is 1.78. The van der Waals surface area contributed by atoms with Crippen molar-refractivity contribution in [3.63, 3.8) is 0 Å². The molecule has 0 spiro atoms. The molecule has 1 heterocycles. The van der Waals surface area contributed by atoms with Gasteiger partial charge in [-0.2, -0.15) is 4.98 Å². The Morgan fingerprint density at radius 3 is 2.65 bits per heavy atom. The Balaban J connectivity index is 2.09. The molecule has 0 bridgehead atoms. The molecule has 0 atom stereocenters. The fourth-order valence-corrected chi connectivity index (χ4v) is 1.70. The first kappa shape index (κ1) is 14.0. The molecule has 0 amide bonds. The minimum atomic E-state index is -0.433. The van der Waals surface area contributed by atoms with Gasteiger partial charge in [0.05, 0.1) is 6.61 Å². The smallest absolute Gasteiger partial charge is 0.344 e. The average molecular weight is 275 g/mol. The number of hydrogen-bond acceptors (Lipinski definition) is 5. The molecule has 1 aromatic carbocycles. The molecule has 2 aromatic rings. The van der Waals surface area contributed by atoms with Crippen LogP contribution in [-0.4, -0.2) is 33.9 Å². The SMILES string of the molecule is CCOC(=O)COc1nc(-c2ccc(C)cc2)n(C)n1. The Morgan fingerprint density at radius 2 is 2.00 bits per heavy atom. The highest BCUT2D eigenvalue weighted by Crippen LogP contribution is 2.19. The molecule has 2 rings (SSSR count). The average Bonchev–Trinajstić information content (AvgIpc) is 2.79. The number of carbonyl (C=O) groups is 1. The molecular formula is C14H17N3O3. The van der Waals surface area contributed by atoms with Crippen LogP contribution in [0.15, 0.2) is 24.3 Å². The summed E-state index contributed by atoms with van der Waals surface area (Å²) < 4.78 is 11.6. The van der Waals surface area contributed by atoms with Gasteiger partial charge in [-0.15, -0.1) is 5.10 Å². The number of benzene rings is 1. The molecule has 6 heteroatoms. The van der Waals surface area contributed by atoms with Crippen LogP contribution in [0.4, 0.5) is 0 Å². The maximum absolute atomic E-state index is 11.2. The van der Waals surface area contributed by atoms with E-state index < -0.39 is 5.97 Å². The van der Waals surface area contributed by atoms with Crippen molar-refractivity contribution in [2.24, 2.45) is 7.05 Å². The lowest BCUT2D eigenvalue weighted by atomic mass is 10.1. The van der Waals surface area contributed by atoms with Crippen LogP contribution >= 0.6 is 0 Å². The van der Waals surface area contributed by atoms with E-state index >= 15 is 0 Å². The maximum Gasteiger partial charge on any atom is 0.344 e. The molecule has 106 valence electrons. The normalized spacial score (nSPS) is 10.3. The Labute approximate surface area is 117 Å². The zero-order valence-corrected chi connectivity index (χ0v) is 11.8.